The predicted octanol–water partition coefficient (Wildman–Crippen LogP) is 3.70. The zero-order chi connectivity index (χ0) is 20.3. The highest BCUT2D eigenvalue weighted by Crippen LogP contribution is 2.32. The van der Waals surface area contributed by atoms with Crippen LogP contribution in [0.1, 0.15) is 18.4 Å². The molecule has 2 aromatic rings. The van der Waals surface area contributed by atoms with E-state index >= 15 is 0 Å². The monoisotopic (exact) mass is 422 g/mol. The van der Waals surface area contributed by atoms with Crippen LogP contribution in [0.5, 0.6) is 5.75 Å². The van der Waals surface area contributed by atoms with Crippen molar-refractivity contribution in [3.63, 3.8) is 0 Å². The number of carbonyl (C=O) groups excluding carboxylic acids is 1. The number of carbonyl (C=O) groups is 1. The number of hydrogen-bond donors (Lipinski definition) is 1. The number of ether oxygens (including phenoxy) is 1. The molecule has 6 nitrogen and oxygen atoms in total. The lowest BCUT2D eigenvalue weighted by Crippen LogP contribution is -2.41. The number of nitrogens with one attached hydrogen (secondary N) is 1. The molecule has 0 atom stereocenters. The molecule has 0 bridgehead atoms. The lowest BCUT2D eigenvalue weighted by molar-refractivity contribution is -0.120. The standard InChI is InChI=1S/C20H23ClN2O4S/c1-14-3-6-17(7-4-14)22-20(24)15-9-11-23(12-10-15)28(25,26)19-13-16(21)5-8-18(19)27-2/h3-8,13,15H,9-12H2,1-2H3,(H,22,24). The second kappa shape index (κ2) is 8.51. The normalized spacial score (nSPS) is 16.0. The van der Waals surface area contributed by atoms with Gasteiger partial charge in [0, 0.05) is 29.7 Å². The van der Waals surface area contributed by atoms with Crippen molar-refractivity contribution in [3.05, 3.63) is 53.1 Å². The number of benzene rings is 2. The summed E-state index contributed by atoms with van der Waals surface area (Å²) in [7, 11) is -2.33. The Morgan fingerprint density at radius 2 is 1.79 bits per heavy atom. The number of halogens is 1. The second-order valence-corrected chi connectivity index (χ2v) is 9.17. The average molecular weight is 423 g/mol. The Morgan fingerprint density at radius 1 is 1.14 bits per heavy atom. The second-order valence-electron chi connectivity index (χ2n) is 6.83. The molecule has 2 aromatic carbocycles. The first-order valence-corrected chi connectivity index (χ1v) is 10.8. The first-order valence-electron chi connectivity index (χ1n) is 9.02. The summed E-state index contributed by atoms with van der Waals surface area (Å²) in [5.41, 5.74) is 1.86. The van der Waals surface area contributed by atoms with E-state index in [1.807, 2.05) is 31.2 Å². The van der Waals surface area contributed by atoms with Crippen molar-refractivity contribution in [2.24, 2.45) is 5.92 Å². The van der Waals surface area contributed by atoms with Crippen LogP contribution in [0.25, 0.3) is 0 Å². The summed E-state index contributed by atoms with van der Waals surface area (Å²) in [6.45, 7) is 2.52. The average Bonchev–Trinajstić information content (AvgIpc) is 2.69. The number of hydrogen-bond acceptors (Lipinski definition) is 4. The van der Waals surface area contributed by atoms with Crippen molar-refractivity contribution in [2.45, 2.75) is 24.7 Å². The number of amides is 1. The number of nitrogens with zero attached hydrogens (tertiary/aromatic N) is 1. The van der Waals surface area contributed by atoms with Crippen molar-refractivity contribution >= 4 is 33.2 Å². The third-order valence-corrected chi connectivity index (χ3v) is 7.04. The van der Waals surface area contributed by atoms with Gasteiger partial charge in [0.05, 0.1) is 7.11 Å². The molecule has 1 amide bonds. The fraction of sp³-hybridized carbons (Fsp3) is 0.350. The van der Waals surface area contributed by atoms with E-state index in [0.717, 1.165) is 11.3 Å². The van der Waals surface area contributed by atoms with E-state index in [1.165, 1.54) is 23.5 Å². The van der Waals surface area contributed by atoms with Crippen LogP contribution in [0.2, 0.25) is 5.02 Å². The van der Waals surface area contributed by atoms with Crippen molar-refractivity contribution in [2.75, 3.05) is 25.5 Å². The van der Waals surface area contributed by atoms with E-state index in [9.17, 15) is 13.2 Å². The summed E-state index contributed by atoms with van der Waals surface area (Å²) >= 11 is 5.98. The molecule has 1 saturated heterocycles. The Bertz CT molecular complexity index is 953. The summed E-state index contributed by atoms with van der Waals surface area (Å²) in [5.74, 6) is -0.0566. The summed E-state index contributed by atoms with van der Waals surface area (Å²) < 4.78 is 32.6. The van der Waals surface area contributed by atoms with E-state index in [1.54, 1.807) is 6.07 Å². The van der Waals surface area contributed by atoms with Crippen LogP contribution in [0, 0.1) is 12.8 Å². The van der Waals surface area contributed by atoms with Gasteiger partial charge < -0.3 is 10.1 Å². The van der Waals surface area contributed by atoms with Crippen LogP contribution >= 0.6 is 11.6 Å². The van der Waals surface area contributed by atoms with Gasteiger partial charge in [-0.3, -0.25) is 4.79 Å². The van der Waals surface area contributed by atoms with Gasteiger partial charge in [0.1, 0.15) is 10.6 Å². The van der Waals surface area contributed by atoms with E-state index in [2.05, 4.69) is 5.32 Å². The number of sulfonamides is 1. The van der Waals surface area contributed by atoms with Gasteiger partial charge in [0.15, 0.2) is 0 Å². The van der Waals surface area contributed by atoms with Gasteiger partial charge in [0.25, 0.3) is 0 Å². The van der Waals surface area contributed by atoms with E-state index in [0.29, 0.717) is 17.9 Å². The largest absolute Gasteiger partial charge is 0.495 e. The van der Waals surface area contributed by atoms with E-state index in [-0.39, 0.29) is 35.6 Å². The van der Waals surface area contributed by atoms with Gasteiger partial charge in [-0.1, -0.05) is 29.3 Å². The Hall–Kier alpha value is -2.09. The fourth-order valence-electron chi connectivity index (χ4n) is 3.23. The van der Waals surface area contributed by atoms with Crippen LogP contribution in [0.4, 0.5) is 5.69 Å². The van der Waals surface area contributed by atoms with Gasteiger partial charge in [-0.25, -0.2) is 8.42 Å². The van der Waals surface area contributed by atoms with E-state index < -0.39 is 10.0 Å². The number of piperidine rings is 1. The van der Waals surface area contributed by atoms with E-state index in [4.69, 9.17) is 16.3 Å². The smallest absolute Gasteiger partial charge is 0.246 e. The third kappa shape index (κ3) is 4.48. The van der Waals surface area contributed by atoms with Crippen LogP contribution in [-0.4, -0.2) is 38.8 Å². The molecule has 1 N–H and O–H groups in total. The van der Waals surface area contributed by atoms with Crippen LogP contribution < -0.4 is 10.1 Å². The molecule has 0 radical (unpaired) electrons. The highest BCUT2D eigenvalue weighted by molar-refractivity contribution is 7.89. The molecular weight excluding hydrogens is 400 g/mol. The molecular formula is C20H23ClN2O4S. The first kappa shape index (κ1) is 20.6. The maximum Gasteiger partial charge on any atom is 0.246 e. The van der Waals surface area contributed by atoms with Gasteiger partial charge in [-0.15, -0.1) is 0 Å². The lowest BCUT2D eigenvalue weighted by Gasteiger charge is -2.31. The number of methoxy groups -OCH3 is 1. The fourth-order valence-corrected chi connectivity index (χ4v) is 5.12. The molecule has 0 saturated carbocycles. The summed E-state index contributed by atoms with van der Waals surface area (Å²) in [5, 5.41) is 3.23. The van der Waals surface area contributed by atoms with Crippen LogP contribution in [0.15, 0.2) is 47.4 Å². The summed E-state index contributed by atoms with van der Waals surface area (Å²) in [6.07, 6.45) is 0.916. The number of aryl methyl sites for hydroxylation is 1. The maximum atomic E-state index is 13.0. The van der Waals surface area contributed by atoms with Gasteiger partial charge in [-0.05, 0) is 50.1 Å². The molecule has 28 heavy (non-hydrogen) atoms. The molecule has 1 fully saturated rings. The van der Waals surface area contributed by atoms with Crippen molar-refractivity contribution < 1.29 is 17.9 Å². The molecule has 8 heteroatoms. The predicted molar refractivity (Wildman–Crippen MR) is 109 cm³/mol. The Morgan fingerprint density at radius 3 is 2.39 bits per heavy atom. The zero-order valence-corrected chi connectivity index (χ0v) is 17.4. The minimum absolute atomic E-state index is 0.0463. The summed E-state index contributed by atoms with van der Waals surface area (Å²) in [4.78, 5) is 12.6. The Labute approximate surface area is 170 Å². The molecule has 0 unspecified atom stereocenters. The SMILES string of the molecule is COc1ccc(Cl)cc1S(=O)(=O)N1CCC(C(=O)Nc2ccc(C)cc2)CC1. The number of anilines is 1. The highest BCUT2D eigenvalue weighted by Gasteiger charge is 2.33. The Balaban J connectivity index is 1.67. The molecule has 1 aliphatic heterocycles. The minimum atomic E-state index is -3.75. The van der Waals surface area contributed by atoms with Crippen molar-refractivity contribution in [1.82, 2.24) is 4.31 Å². The third-order valence-electron chi connectivity index (χ3n) is 4.89. The van der Waals surface area contributed by atoms with Gasteiger partial charge >= 0.3 is 0 Å². The van der Waals surface area contributed by atoms with Crippen molar-refractivity contribution in [1.29, 1.82) is 0 Å². The van der Waals surface area contributed by atoms with Crippen LogP contribution in [-0.2, 0) is 14.8 Å². The molecule has 0 spiro atoms. The zero-order valence-electron chi connectivity index (χ0n) is 15.8. The minimum Gasteiger partial charge on any atom is -0.495 e. The quantitative estimate of drug-likeness (QED) is 0.797. The molecule has 0 aliphatic carbocycles. The van der Waals surface area contributed by atoms with Crippen LogP contribution in [0.3, 0.4) is 0 Å². The highest BCUT2D eigenvalue weighted by atomic mass is 35.5. The summed E-state index contributed by atoms with van der Waals surface area (Å²) in [6, 6.07) is 12.1. The lowest BCUT2D eigenvalue weighted by atomic mass is 9.97. The molecule has 1 aliphatic rings. The molecule has 1 heterocycles. The molecule has 3 rings (SSSR count). The maximum absolute atomic E-state index is 13.0. The van der Waals surface area contributed by atoms with Gasteiger partial charge in [0.2, 0.25) is 15.9 Å². The molecule has 150 valence electrons. The number of rotatable bonds is 5. The first-order chi connectivity index (χ1) is 13.3. The Kier molecular flexibility index (Phi) is 6.27. The molecule has 0 aromatic heterocycles. The van der Waals surface area contributed by atoms with Crippen molar-refractivity contribution in [3.8, 4) is 5.75 Å². The topological polar surface area (TPSA) is 75.7 Å². The van der Waals surface area contributed by atoms with Gasteiger partial charge in [-0.2, -0.15) is 4.31 Å².